The van der Waals surface area contributed by atoms with Gasteiger partial charge in [-0.3, -0.25) is 4.79 Å². The zero-order chi connectivity index (χ0) is 15.7. The predicted octanol–water partition coefficient (Wildman–Crippen LogP) is 1.44. The number of amides is 1. The van der Waals surface area contributed by atoms with Crippen LogP contribution in [-0.4, -0.2) is 46.9 Å². The Hall–Kier alpha value is -1.95. The molecule has 1 amide bonds. The summed E-state index contributed by atoms with van der Waals surface area (Å²) in [6.07, 6.45) is 1.07. The van der Waals surface area contributed by atoms with E-state index in [1.807, 2.05) is 0 Å². The molecule has 0 saturated carbocycles. The van der Waals surface area contributed by atoms with E-state index in [1.54, 1.807) is 12.1 Å². The van der Waals surface area contributed by atoms with Crippen molar-refractivity contribution in [2.75, 3.05) is 41.0 Å². The summed E-state index contributed by atoms with van der Waals surface area (Å²) >= 11 is 0. The Morgan fingerprint density at radius 3 is 2.10 bits per heavy atom. The van der Waals surface area contributed by atoms with E-state index in [4.69, 9.17) is 14.2 Å². The van der Waals surface area contributed by atoms with Crippen LogP contribution in [0.1, 0.15) is 23.7 Å². The quantitative estimate of drug-likeness (QED) is 0.675. The molecule has 0 aliphatic rings. The van der Waals surface area contributed by atoms with Gasteiger partial charge in [-0.2, -0.15) is 0 Å². The van der Waals surface area contributed by atoms with Crippen LogP contribution in [0, 0.1) is 0 Å². The number of carbonyl (C=O) groups is 1. The molecule has 6 nitrogen and oxygen atoms in total. The maximum Gasteiger partial charge on any atom is 0.251 e. The molecule has 1 aromatic rings. The van der Waals surface area contributed by atoms with Gasteiger partial charge in [0.25, 0.3) is 5.91 Å². The number of carbonyl (C=O) groups excluding carboxylic acids is 1. The van der Waals surface area contributed by atoms with Crippen molar-refractivity contribution in [2.45, 2.75) is 13.3 Å². The molecule has 0 spiro atoms. The highest BCUT2D eigenvalue weighted by atomic mass is 16.5. The van der Waals surface area contributed by atoms with Gasteiger partial charge in [0.1, 0.15) is 0 Å². The van der Waals surface area contributed by atoms with E-state index in [9.17, 15) is 4.79 Å². The summed E-state index contributed by atoms with van der Waals surface area (Å²) in [6, 6.07) is 3.27. The first-order valence-corrected chi connectivity index (χ1v) is 6.96. The van der Waals surface area contributed by atoms with E-state index in [2.05, 4.69) is 17.6 Å². The Morgan fingerprint density at radius 1 is 1.00 bits per heavy atom. The molecule has 0 unspecified atom stereocenters. The van der Waals surface area contributed by atoms with E-state index in [-0.39, 0.29) is 5.91 Å². The van der Waals surface area contributed by atoms with Crippen molar-refractivity contribution in [3.05, 3.63) is 17.7 Å². The average Bonchev–Trinajstić information content (AvgIpc) is 2.52. The number of methoxy groups -OCH3 is 3. The molecule has 0 bridgehead atoms. The van der Waals surface area contributed by atoms with Gasteiger partial charge in [0.15, 0.2) is 11.5 Å². The topological polar surface area (TPSA) is 68.8 Å². The number of nitrogens with one attached hydrogen (secondary N) is 2. The lowest BCUT2D eigenvalue weighted by molar-refractivity contribution is 0.0953. The predicted molar refractivity (Wildman–Crippen MR) is 81.6 cm³/mol. The Balaban J connectivity index is 2.75. The van der Waals surface area contributed by atoms with Crippen LogP contribution in [0.4, 0.5) is 0 Å². The highest BCUT2D eigenvalue weighted by molar-refractivity contribution is 5.95. The van der Waals surface area contributed by atoms with Crippen molar-refractivity contribution < 1.29 is 19.0 Å². The SMILES string of the molecule is CCCNCCNC(=O)c1cc(OC)c(OC)c(OC)c1. The van der Waals surface area contributed by atoms with Crippen LogP contribution >= 0.6 is 0 Å². The first-order chi connectivity index (χ1) is 10.2. The van der Waals surface area contributed by atoms with Gasteiger partial charge in [-0.15, -0.1) is 0 Å². The Labute approximate surface area is 125 Å². The summed E-state index contributed by atoms with van der Waals surface area (Å²) < 4.78 is 15.7. The number of benzene rings is 1. The van der Waals surface area contributed by atoms with Gasteiger partial charge in [0.2, 0.25) is 5.75 Å². The van der Waals surface area contributed by atoms with Crippen molar-refractivity contribution in [3.8, 4) is 17.2 Å². The normalized spacial score (nSPS) is 10.1. The molecule has 0 saturated heterocycles. The van der Waals surface area contributed by atoms with Crippen molar-refractivity contribution in [3.63, 3.8) is 0 Å². The van der Waals surface area contributed by atoms with Crippen molar-refractivity contribution in [1.29, 1.82) is 0 Å². The van der Waals surface area contributed by atoms with E-state index < -0.39 is 0 Å². The highest BCUT2D eigenvalue weighted by Gasteiger charge is 2.16. The first-order valence-electron chi connectivity index (χ1n) is 6.96. The Morgan fingerprint density at radius 2 is 1.62 bits per heavy atom. The summed E-state index contributed by atoms with van der Waals surface area (Å²) in [5.41, 5.74) is 0.472. The summed E-state index contributed by atoms with van der Waals surface area (Å²) in [5, 5.41) is 6.07. The molecule has 1 aromatic carbocycles. The van der Waals surface area contributed by atoms with Crippen LogP contribution in [0.25, 0.3) is 0 Å². The second-order valence-corrected chi connectivity index (χ2v) is 4.42. The average molecular weight is 296 g/mol. The van der Waals surface area contributed by atoms with Gasteiger partial charge in [-0.25, -0.2) is 0 Å². The van der Waals surface area contributed by atoms with Gasteiger partial charge in [0, 0.05) is 18.7 Å². The van der Waals surface area contributed by atoms with E-state index in [1.165, 1.54) is 21.3 Å². The molecule has 0 heterocycles. The first kappa shape index (κ1) is 17.1. The summed E-state index contributed by atoms with van der Waals surface area (Å²) in [5.74, 6) is 1.23. The second-order valence-electron chi connectivity index (χ2n) is 4.42. The third-order valence-electron chi connectivity index (χ3n) is 2.94. The molecule has 0 aliphatic carbocycles. The van der Waals surface area contributed by atoms with Crippen LogP contribution in [-0.2, 0) is 0 Å². The monoisotopic (exact) mass is 296 g/mol. The molecule has 0 atom stereocenters. The molecule has 0 aliphatic heterocycles. The van der Waals surface area contributed by atoms with E-state index in [0.29, 0.717) is 29.4 Å². The number of hydrogen-bond donors (Lipinski definition) is 2. The fraction of sp³-hybridized carbons (Fsp3) is 0.533. The smallest absolute Gasteiger partial charge is 0.251 e. The van der Waals surface area contributed by atoms with Crippen molar-refractivity contribution in [2.24, 2.45) is 0 Å². The largest absolute Gasteiger partial charge is 0.493 e. The summed E-state index contributed by atoms with van der Waals surface area (Å²) in [4.78, 5) is 12.1. The molecule has 0 fully saturated rings. The highest BCUT2D eigenvalue weighted by Crippen LogP contribution is 2.38. The Kier molecular flexibility index (Phi) is 7.39. The molecule has 6 heteroatoms. The number of rotatable bonds is 9. The number of ether oxygens (including phenoxy) is 3. The van der Waals surface area contributed by atoms with E-state index in [0.717, 1.165) is 19.5 Å². The fourth-order valence-electron chi connectivity index (χ4n) is 1.88. The third-order valence-corrected chi connectivity index (χ3v) is 2.94. The molecule has 1 rings (SSSR count). The molecule has 2 N–H and O–H groups in total. The maximum absolute atomic E-state index is 12.1. The lowest BCUT2D eigenvalue weighted by Crippen LogP contribution is -2.32. The minimum atomic E-state index is -0.174. The lowest BCUT2D eigenvalue weighted by Gasteiger charge is -2.14. The van der Waals surface area contributed by atoms with Crippen LogP contribution in [0.2, 0.25) is 0 Å². The van der Waals surface area contributed by atoms with Gasteiger partial charge >= 0.3 is 0 Å². The number of hydrogen-bond acceptors (Lipinski definition) is 5. The second kappa shape index (κ2) is 9.07. The molecule has 0 radical (unpaired) electrons. The minimum absolute atomic E-state index is 0.174. The van der Waals surface area contributed by atoms with Gasteiger partial charge < -0.3 is 24.8 Å². The summed E-state index contributed by atoms with van der Waals surface area (Å²) in [6.45, 7) is 4.35. The zero-order valence-electron chi connectivity index (χ0n) is 13.1. The molecule has 0 aromatic heterocycles. The van der Waals surface area contributed by atoms with Gasteiger partial charge in [0.05, 0.1) is 21.3 Å². The molecular formula is C15H24N2O4. The van der Waals surface area contributed by atoms with Crippen LogP contribution in [0.15, 0.2) is 12.1 Å². The van der Waals surface area contributed by atoms with Crippen LogP contribution in [0.5, 0.6) is 17.2 Å². The van der Waals surface area contributed by atoms with Gasteiger partial charge in [-0.1, -0.05) is 6.92 Å². The van der Waals surface area contributed by atoms with Crippen LogP contribution in [0.3, 0.4) is 0 Å². The maximum atomic E-state index is 12.1. The zero-order valence-corrected chi connectivity index (χ0v) is 13.1. The third kappa shape index (κ3) is 4.82. The van der Waals surface area contributed by atoms with Crippen molar-refractivity contribution >= 4 is 5.91 Å². The van der Waals surface area contributed by atoms with Gasteiger partial charge in [-0.05, 0) is 25.1 Å². The lowest BCUT2D eigenvalue weighted by atomic mass is 10.1. The van der Waals surface area contributed by atoms with Crippen molar-refractivity contribution in [1.82, 2.24) is 10.6 Å². The summed E-state index contributed by atoms with van der Waals surface area (Å²) in [7, 11) is 4.57. The molecule has 118 valence electrons. The van der Waals surface area contributed by atoms with Crippen LogP contribution < -0.4 is 24.8 Å². The minimum Gasteiger partial charge on any atom is -0.493 e. The Bertz CT molecular complexity index is 438. The van der Waals surface area contributed by atoms with E-state index >= 15 is 0 Å². The molecule has 21 heavy (non-hydrogen) atoms. The molecular weight excluding hydrogens is 272 g/mol. The standard InChI is InChI=1S/C15H24N2O4/c1-5-6-16-7-8-17-15(18)11-9-12(19-2)14(21-4)13(10-11)20-3/h9-10,16H,5-8H2,1-4H3,(H,17,18). The fourth-order valence-corrected chi connectivity index (χ4v) is 1.88.